The third-order valence-corrected chi connectivity index (χ3v) is 9.29. The first kappa shape index (κ1) is 19.7. The summed E-state index contributed by atoms with van der Waals surface area (Å²) in [6.45, 7) is 10.1. The van der Waals surface area contributed by atoms with Gasteiger partial charge in [0, 0.05) is 0 Å². The number of aromatic hydroxyl groups is 2. The van der Waals surface area contributed by atoms with E-state index in [9.17, 15) is 10.2 Å². The van der Waals surface area contributed by atoms with Crippen LogP contribution in [0.2, 0.25) is 0 Å². The van der Waals surface area contributed by atoms with Crippen molar-refractivity contribution in [3.05, 3.63) is 65.2 Å². The van der Waals surface area contributed by atoms with Gasteiger partial charge in [0.1, 0.15) is 11.5 Å². The molecule has 2 bridgehead atoms. The highest BCUT2D eigenvalue weighted by atomic mass is 16.3. The lowest BCUT2D eigenvalue weighted by molar-refractivity contribution is -0.0459. The summed E-state index contributed by atoms with van der Waals surface area (Å²) in [6, 6.07) is 15.3. The first-order valence-corrected chi connectivity index (χ1v) is 11.4. The SMILES string of the molecule is CC1(C)C2CCC3(C2)[C@@H]1CC(=C(c1ccc(O)cc1)c1ccc(O)cc1)CC3(C)C. The molecule has 2 unspecified atom stereocenters. The maximum absolute atomic E-state index is 9.85. The molecule has 3 aliphatic rings. The average Bonchev–Trinajstić information content (AvgIpc) is 3.23. The zero-order chi connectivity index (χ0) is 21.3. The van der Waals surface area contributed by atoms with Crippen LogP contribution in [-0.2, 0) is 0 Å². The standard InChI is InChI=1S/C28H34O2/c1-26(2)16-20(15-24-27(3,4)21-13-14-28(24,26)17-21)25(18-5-9-22(29)10-6-18)19-7-11-23(30)12-8-19/h5-12,21,24,29-30H,13-17H2,1-4H3/t21?,24-,28?/m1/s1. The molecule has 3 saturated carbocycles. The van der Waals surface area contributed by atoms with E-state index >= 15 is 0 Å². The Kier molecular flexibility index (Phi) is 4.20. The summed E-state index contributed by atoms with van der Waals surface area (Å²) < 4.78 is 0. The van der Waals surface area contributed by atoms with Gasteiger partial charge in [0.15, 0.2) is 0 Å². The monoisotopic (exact) mass is 402 g/mol. The quantitative estimate of drug-likeness (QED) is 0.559. The average molecular weight is 403 g/mol. The van der Waals surface area contributed by atoms with Crippen LogP contribution in [0.25, 0.3) is 5.57 Å². The molecule has 3 fully saturated rings. The van der Waals surface area contributed by atoms with E-state index in [2.05, 4.69) is 27.7 Å². The van der Waals surface area contributed by atoms with Crippen LogP contribution in [0, 0.1) is 28.1 Å². The Morgan fingerprint density at radius 1 is 0.833 bits per heavy atom. The van der Waals surface area contributed by atoms with Gasteiger partial charge in [0.25, 0.3) is 0 Å². The van der Waals surface area contributed by atoms with Crippen LogP contribution in [0.1, 0.15) is 70.9 Å². The molecular weight excluding hydrogens is 368 g/mol. The summed E-state index contributed by atoms with van der Waals surface area (Å²) in [5.41, 5.74) is 6.26. The van der Waals surface area contributed by atoms with Gasteiger partial charge >= 0.3 is 0 Å². The van der Waals surface area contributed by atoms with Crippen molar-refractivity contribution >= 4 is 5.57 Å². The fraction of sp³-hybridized carbons (Fsp3) is 0.500. The van der Waals surface area contributed by atoms with Crippen LogP contribution in [0.3, 0.4) is 0 Å². The maximum Gasteiger partial charge on any atom is 0.115 e. The molecule has 0 heterocycles. The molecule has 2 aromatic carbocycles. The molecule has 2 N–H and O–H groups in total. The van der Waals surface area contributed by atoms with Crippen molar-refractivity contribution in [2.45, 2.75) is 59.8 Å². The molecule has 158 valence electrons. The van der Waals surface area contributed by atoms with Gasteiger partial charge in [-0.3, -0.25) is 0 Å². The minimum atomic E-state index is 0.271. The molecule has 2 nitrogen and oxygen atoms in total. The molecule has 1 spiro atoms. The fourth-order valence-electron chi connectivity index (χ4n) is 7.62. The number of allylic oxidation sites excluding steroid dienone is 1. The van der Waals surface area contributed by atoms with E-state index in [1.165, 1.54) is 30.4 Å². The third-order valence-electron chi connectivity index (χ3n) is 9.29. The van der Waals surface area contributed by atoms with E-state index < -0.39 is 0 Å². The van der Waals surface area contributed by atoms with Crippen LogP contribution >= 0.6 is 0 Å². The Hall–Kier alpha value is -2.22. The zero-order valence-corrected chi connectivity index (χ0v) is 18.7. The van der Waals surface area contributed by atoms with Crippen LogP contribution < -0.4 is 0 Å². The van der Waals surface area contributed by atoms with Gasteiger partial charge in [0.05, 0.1) is 0 Å². The van der Waals surface area contributed by atoms with Gasteiger partial charge in [-0.25, -0.2) is 0 Å². The molecule has 2 heteroatoms. The Morgan fingerprint density at radius 3 is 1.90 bits per heavy atom. The summed E-state index contributed by atoms with van der Waals surface area (Å²) in [5.74, 6) is 2.16. The van der Waals surface area contributed by atoms with Crippen molar-refractivity contribution in [2.75, 3.05) is 0 Å². The van der Waals surface area contributed by atoms with Crippen molar-refractivity contribution in [3.63, 3.8) is 0 Å². The summed E-state index contributed by atoms with van der Waals surface area (Å²) in [7, 11) is 0. The van der Waals surface area contributed by atoms with Gasteiger partial charge in [-0.2, -0.15) is 0 Å². The minimum Gasteiger partial charge on any atom is -0.508 e. The number of fused-ring (bicyclic) bond motifs is 1. The molecular formula is C28H34O2. The molecule has 3 atom stereocenters. The lowest BCUT2D eigenvalue weighted by Gasteiger charge is -2.57. The predicted octanol–water partition coefficient (Wildman–Crippen LogP) is 7.16. The van der Waals surface area contributed by atoms with Gasteiger partial charge in [-0.15, -0.1) is 0 Å². The van der Waals surface area contributed by atoms with Crippen molar-refractivity contribution in [3.8, 4) is 11.5 Å². The van der Waals surface area contributed by atoms with Crippen LogP contribution in [0.4, 0.5) is 0 Å². The smallest absolute Gasteiger partial charge is 0.115 e. The third kappa shape index (κ3) is 2.69. The number of phenolic OH excluding ortho intramolecular Hbond substituents is 2. The second-order valence-electron chi connectivity index (χ2n) is 11.3. The first-order chi connectivity index (χ1) is 14.1. The van der Waals surface area contributed by atoms with Crippen molar-refractivity contribution in [1.29, 1.82) is 0 Å². The predicted molar refractivity (Wildman–Crippen MR) is 122 cm³/mol. The largest absolute Gasteiger partial charge is 0.508 e. The normalized spacial score (nSPS) is 30.9. The number of benzene rings is 2. The highest BCUT2D eigenvalue weighted by Crippen LogP contribution is 2.76. The number of rotatable bonds is 2. The Labute approximate surface area is 180 Å². The molecule has 0 aromatic heterocycles. The molecule has 0 aliphatic heterocycles. The number of hydrogen-bond acceptors (Lipinski definition) is 2. The van der Waals surface area contributed by atoms with Gasteiger partial charge in [-0.05, 0) is 101 Å². The van der Waals surface area contributed by atoms with Gasteiger partial charge < -0.3 is 10.2 Å². The van der Waals surface area contributed by atoms with E-state index in [1.54, 1.807) is 24.3 Å². The van der Waals surface area contributed by atoms with Crippen LogP contribution in [0.15, 0.2) is 54.1 Å². The molecule has 0 saturated heterocycles. The number of phenols is 2. The van der Waals surface area contributed by atoms with Gasteiger partial charge in [-0.1, -0.05) is 57.5 Å². The fourth-order valence-corrected chi connectivity index (χ4v) is 7.62. The summed E-state index contributed by atoms with van der Waals surface area (Å²) in [5, 5.41) is 19.7. The maximum atomic E-state index is 9.85. The summed E-state index contributed by atoms with van der Waals surface area (Å²) in [4.78, 5) is 0. The second-order valence-corrected chi connectivity index (χ2v) is 11.3. The second kappa shape index (κ2) is 6.39. The molecule has 3 aliphatic carbocycles. The Balaban J connectivity index is 1.69. The minimum absolute atomic E-state index is 0.271. The number of hydrogen-bond donors (Lipinski definition) is 2. The van der Waals surface area contributed by atoms with Gasteiger partial charge in [0.2, 0.25) is 0 Å². The van der Waals surface area contributed by atoms with Crippen LogP contribution in [0.5, 0.6) is 11.5 Å². The Bertz CT molecular complexity index is 946. The lowest BCUT2D eigenvalue weighted by Crippen LogP contribution is -2.48. The topological polar surface area (TPSA) is 40.5 Å². The van der Waals surface area contributed by atoms with Crippen molar-refractivity contribution in [1.82, 2.24) is 0 Å². The van der Waals surface area contributed by atoms with Crippen molar-refractivity contribution < 1.29 is 10.2 Å². The highest BCUT2D eigenvalue weighted by Gasteiger charge is 2.67. The van der Waals surface area contributed by atoms with E-state index in [-0.39, 0.29) is 5.41 Å². The first-order valence-electron chi connectivity index (χ1n) is 11.4. The van der Waals surface area contributed by atoms with Crippen molar-refractivity contribution in [2.24, 2.45) is 28.1 Å². The highest BCUT2D eigenvalue weighted by molar-refractivity contribution is 5.83. The molecule has 2 aromatic rings. The van der Waals surface area contributed by atoms with E-state index in [1.807, 2.05) is 24.3 Å². The van der Waals surface area contributed by atoms with E-state index in [0.29, 0.717) is 28.2 Å². The van der Waals surface area contributed by atoms with Crippen LogP contribution in [-0.4, -0.2) is 10.2 Å². The molecule has 0 amide bonds. The van der Waals surface area contributed by atoms with E-state index in [0.717, 1.165) is 29.9 Å². The summed E-state index contributed by atoms with van der Waals surface area (Å²) in [6.07, 6.45) is 6.46. The lowest BCUT2D eigenvalue weighted by atomic mass is 9.48. The molecule has 5 rings (SSSR count). The molecule has 30 heavy (non-hydrogen) atoms. The Morgan fingerprint density at radius 2 is 1.37 bits per heavy atom. The molecule has 0 radical (unpaired) electrons. The zero-order valence-electron chi connectivity index (χ0n) is 18.7. The summed E-state index contributed by atoms with van der Waals surface area (Å²) >= 11 is 0. The van der Waals surface area contributed by atoms with E-state index in [4.69, 9.17) is 0 Å².